The summed E-state index contributed by atoms with van der Waals surface area (Å²) in [7, 11) is 0. The van der Waals surface area contributed by atoms with Crippen LogP contribution in [0.5, 0.6) is 0 Å². The van der Waals surface area contributed by atoms with E-state index < -0.39 is 0 Å². The van der Waals surface area contributed by atoms with Crippen LogP contribution in [0.2, 0.25) is 0 Å². The van der Waals surface area contributed by atoms with Crippen molar-refractivity contribution in [2.24, 2.45) is 17.8 Å². The van der Waals surface area contributed by atoms with Gasteiger partial charge in [-0.2, -0.15) is 5.26 Å². The van der Waals surface area contributed by atoms with Crippen molar-refractivity contribution in [3.63, 3.8) is 0 Å². The summed E-state index contributed by atoms with van der Waals surface area (Å²) >= 11 is 0. The molecule has 0 unspecified atom stereocenters. The maximum absolute atomic E-state index is 8.45. The molecule has 0 radical (unpaired) electrons. The summed E-state index contributed by atoms with van der Waals surface area (Å²) in [5.41, 5.74) is 0. The molecule has 0 atom stereocenters. The van der Waals surface area contributed by atoms with E-state index in [1.54, 1.807) is 0 Å². The van der Waals surface area contributed by atoms with Crippen molar-refractivity contribution in [1.29, 1.82) is 5.26 Å². The Morgan fingerprint density at radius 2 is 1.52 bits per heavy atom. The van der Waals surface area contributed by atoms with Gasteiger partial charge in [0.1, 0.15) is 0 Å². The number of rotatable bonds is 11. The van der Waals surface area contributed by atoms with Crippen LogP contribution >= 0.6 is 0 Å². The minimum absolute atomic E-state index is 0.526. The van der Waals surface area contributed by atoms with Gasteiger partial charge in [-0.15, -0.1) is 0 Å². The molecule has 0 aromatic rings. The molecule has 27 heavy (non-hydrogen) atoms. The molecule has 0 aliphatic heterocycles. The third-order valence-electron chi connectivity index (χ3n) is 6.70. The molecular formula is C25H41NO. The van der Waals surface area contributed by atoms with E-state index in [0.29, 0.717) is 6.10 Å². The summed E-state index contributed by atoms with van der Waals surface area (Å²) in [6.45, 7) is 3.32. The van der Waals surface area contributed by atoms with Gasteiger partial charge in [-0.05, 0) is 69.1 Å². The molecule has 2 nitrogen and oxygen atoms in total. The molecule has 2 heteroatoms. The largest absolute Gasteiger partial charge is 0.378 e. The first-order chi connectivity index (χ1) is 13.3. The zero-order chi connectivity index (χ0) is 19.2. The Bertz CT molecular complexity index is 459. The fraction of sp³-hybridized carbons (Fsp3) is 0.800. The second-order valence-corrected chi connectivity index (χ2v) is 8.85. The van der Waals surface area contributed by atoms with E-state index in [1.165, 1.54) is 89.5 Å². The van der Waals surface area contributed by atoms with Crippen molar-refractivity contribution < 1.29 is 4.74 Å². The Balaban J connectivity index is 1.50. The zero-order valence-electron chi connectivity index (χ0n) is 17.6. The standard InChI is InChI=1S/C25H41NO/c1-2-3-7-10-22-12-14-24(15-13-22)21-27-25-18-16-23(17-19-25)11-8-5-4-6-9-20-26/h4-6,9,22-25H,2-3,7-8,10-19,21H2,1H3/b5-4+,9-6+. The van der Waals surface area contributed by atoms with Crippen LogP contribution in [0.1, 0.15) is 96.8 Å². The number of hydrogen-bond donors (Lipinski definition) is 0. The molecule has 0 saturated heterocycles. The molecule has 0 aromatic heterocycles. The Kier molecular flexibility index (Phi) is 11.5. The highest BCUT2D eigenvalue weighted by atomic mass is 16.5. The van der Waals surface area contributed by atoms with Crippen LogP contribution in [0, 0.1) is 29.1 Å². The van der Waals surface area contributed by atoms with Crippen molar-refractivity contribution >= 4 is 0 Å². The van der Waals surface area contributed by atoms with Gasteiger partial charge in [0.15, 0.2) is 0 Å². The van der Waals surface area contributed by atoms with E-state index in [-0.39, 0.29) is 0 Å². The second-order valence-electron chi connectivity index (χ2n) is 8.85. The van der Waals surface area contributed by atoms with Gasteiger partial charge in [0.2, 0.25) is 0 Å². The fourth-order valence-corrected chi connectivity index (χ4v) is 4.83. The molecule has 0 N–H and O–H groups in total. The molecule has 0 aromatic carbocycles. The normalized spacial score (nSPS) is 29.3. The average molecular weight is 372 g/mol. The highest BCUT2D eigenvalue weighted by Gasteiger charge is 2.24. The number of unbranched alkanes of at least 4 members (excludes halogenated alkanes) is 2. The second kappa shape index (κ2) is 14.0. The van der Waals surface area contributed by atoms with Gasteiger partial charge in [-0.3, -0.25) is 0 Å². The molecule has 2 fully saturated rings. The minimum atomic E-state index is 0.526. The predicted molar refractivity (Wildman–Crippen MR) is 114 cm³/mol. The van der Waals surface area contributed by atoms with Crippen LogP contribution in [0.15, 0.2) is 24.3 Å². The first-order valence-corrected chi connectivity index (χ1v) is 11.6. The smallest absolute Gasteiger partial charge is 0.0912 e. The molecule has 152 valence electrons. The number of nitrogens with zero attached hydrogens (tertiary/aromatic N) is 1. The van der Waals surface area contributed by atoms with Crippen molar-refractivity contribution in [3.05, 3.63) is 24.3 Å². The highest BCUT2D eigenvalue weighted by molar-refractivity contribution is 5.11. The lowest BCUT2D eigenvalue weighted by Crippen LogP contribution is -2.26. The zero-order valence-corrected chi connectivity index (χ0v) is 17.6. The summed E-state index contributed by atoms with van der Waals surface area (Å²) in [4.78, 5) is 0. The van der Waals surface area contributed by atoms with Crippen LogP contribution in [0.3, 0.4) is 0 Å². The number of hydrogen-bond acceptors (Lipinski definition) is 2. The summed E-state index contributed by atoms with van der Waals surface area (Å²) in [6.07, 6.45) is 27.0. The minimum Gasteiger partial charge on any atom is -0.378 e. The van der Waals surface area contributed by atoms with Gasteiger partial charge in [-0.25, -0.2) is 0 Å². The van der Waals surface area contributed by atoms with E-state index >= 15 is 0 Å². The average Bonchev–Trinajstić information content (AvgIpc) is 2.71. The topological polar surface area (TPSA) is 33.0 Å². The van der Waals surface area contributed by atoms with Crippen molar-refractivity contribution in [3.8, 4) is 6.07 Å². The Morgan fingerprint density at radius 3 is 2.22 bits per heavy atom. The van der Waals surface area contributed by atoms with E-state index in [0.717, 1.165) is 30.8 Å². The van der Waals surface area contributed by atoms with Gasteiger partial charge in [0, 0.05) is 12.7 Å². The van der Waals surface area contributed by atoms with Crippen molar-refractivity contribution in [1.82, 2.24) is 0 Å². The molecular weight excluding hydrogens is 330 g/mol. The summed E-state index contributed by atoms with van der Waals surface area (Å²) in [5.74, 6) is 2.71. The number of allylic oxidation sites excluding steroid dienone is 4. The van der Waals surface area contributed by atoms with Crippen LogP contribution < -0.4 is 0 Å². The first kappa shape index (κ1) is 22.2. The maximum atomic E-state index is 8.45. The summed E-state index contributed by atoms with van der Waals surface area (Å²) in [6, 6.07) is 2.01. The van der Waals surface area contributed by atoms with Crippen LogP contribution in [-0.2, 0) is 4.74 Å². The molecule has 0 heterocycles. The Hall–Kier alpha value is -1.07. The van der Waals surface area contributed by atoms with Gasteiger partial charge in [-0.1, -0.05) is 63.7 Å². The van der Waals surface area contributed by atoms with E-state index in [9.17, 15) is 0 Å². The molecule has 2 aliphatic carbocycles. The van der Waals surface area contributed by atoms with Crippen LogP contribution in [0.4, 0.5) is 0 Å². The quantitative estimate of drug-likeness (QED) is 0.216. The third kappa shape index (κ3) is 9.61. The lowest BCUT2D eigenvalue weighted by Gasteiger charge is -2.32. The monoisotopic (exact) mass is 371 g/mol. The van der Waals surface area contributed by atoms with Gasteiger partial charge >= 0.3 is 0 Å². The fourth-order valence-electron chi connectivity index (χ4n) is 4.83. The van der Waals surface area contributed by atoms with E-state index in [2.05, 4.69) is 13.0 Å². The van der Waals surface area contributed by atoms with Gasteiger partial charge < -0.3 is 4.74 Å². The number of nitriles is 1. The molecule has 2 aliphatic rings. The van der Waals surface area contributed by atoms with Crippen molar-refractivity contribution in [2.75, 3.05) is 6.61 Å². The lowest BCUT2D eigenvalue weighted by molar-refractivity contribution is -0.0102. The summed E-state index contributed by atoms with van der Waals surface area (Å²) in [5, 5.41) is 8.45. The molecule has 0 amide bonds. The van der Waals surface area contributed by atoms with E-state index in [4.69, 9.17) is 10.00 Å². The predicted octanol–water partition coefficient (Wildman–Crippen LogP) is 7.36. The number of ether oxygens (including phenoxy) is 1. The third-order valence-corrected chi connectivity index (χ3v) is 6.70. The highest BCUT2D eigenvalue weighted by Crippen LogP contribution is 2.34. The van der Waals surface area contributed by atoms with Crippen molar-refractivity contribution in [2.45, 2.75) is 103 Å². The maximum Gasteiger partial charge on any atom is 0.0912 e. The first-order valence-electron chi connectivity index (χ1n) is 11.6. The molecule has 0 bridgehead atoms. The molecule has 0 spiro atoms. The SMILES string of the molecule is CCCCCC1CCC(COC2CCC(CC/C=C/C=C/C#N)CC2)CC1. The Labute approximate surface area is 168 Å². The Morgan fingerprint density at radius 1 is 0.852 bits per heavy atom. The molecule has 2 saturated carbocycles. The van der Waals surface area contributed by atoms with E-state index in [1.807, 2.05) is 18.2 Å². The lowest BCUT2D eigenvalue weighted by atomic mass is 9.80. The summed E-state index contributed by atoms with van der Waals surface area (Å²) < 4.78 is 6.32. The van der Waals surface area contributed by atoms with Gasteiger partial charge in [0.25, 0.3) is 0 Å². The molecule has 2 rings (SSSR count). The van der Waals surface area contributed by atoms with Crippen LogP contribution in [-0.4, -0.2) is 12.7 Å². The van der Waals surface area contributed by atoms with Crippen LogP contribution in [0.25, 0.3) is 0 Å². The van der Waals surface area contributed by atoms with Gasteiger partial charge in [0.05, 0.1) is 12.2 Å².